The first-order valence-electron chi connectivity index (χ1n) is 19.3. The molecule has 0 saturated heterocycles. The van der Waals surface area contributed by atoms with E-state index in [1.54, 1.807) is 0 Å². The van der Waals surface area contributed by atoms with Crippen LogP contribution >= 0.6 is 22.7 Å². The third kappa shape index (κ3) is 6.00. The molecule has 2 aromatic heterocycles. The molecular weight excluding hydrogens is 727 g/mol. The van der Waals surface area contributed by atoms with Crippen LogP contribution in [0.25, 0.3) is 84.9 Å². The molecule has 0 aliphatic heterocycles. The van der Waals surface area contributed by atoms with Crippen molar-refractivity contribution < 1.29 is 0 Å². The van der Waals surface area contributed by atoms with Gasteiger partial charge in [0.2, 0.25) is 0 Å². The topological polar surface area (TPSA) is 3.24 Å². The van der Waals surface area contributed by atoms with E-state index in [1.807, 2.05) is 22.7 Å². The number of benzene rings is 9. The van der Waals surface area contributed by atoms with Gasteiger partial charge in [0, 0.05) is 47.0 Å². The van der Waals surface area contributed by atoms with Crippen LogP contribution in [-0.4, -0.2) is 0 Å². The fourth-order valence-electron chi connectivity index (χ4n) is 8.29. The number of anilines is 3. The van der Waals surface area contributed by atoms with Crippen molar-refractivity contribution in [3.05, 3.63) is 212 Å². The van der Waals surface area contributed by atoms with Gasteiger partial charge in [0.25, 0.3) is 0 Å². The second-order valence-electron chi connectivity index (χ2n) is 14.5. The summed E-state index contributed by atoms with van der Waals surface area (Å²) in [6, 6.07) is 77.6. The standard InChI is InChI=1S/C54H35NS2/c1-3-13-36(14-4-1)38-25-27-39(28-26-38)40-29-31-43(32-30-40)55(50-22-12-21-49-47-18-8-10-24-52(47)57-54(49)50)44-34-41(37-15-5-2-6-16-37)33-42(35-44)45-19-11-20-48-46-17-7-9-23-51(46)56-53(45)48/h1-35H. The summed E-state index contributed by atoms with van der Waals surface area (Å²) in [6.07, 6.45) is 0. The van der Waals surface area contributed by atoms with Gasteiger partial charge in [0.1, 0.15) is 0 Å². The van der Waals surface area contributed by atoms with Crippen LogP contribution in [-0.2, 0) is 0 Å². The molecule has 2 heterocycles. The van der Waals surface area contributed by atoms with Crippen LogP contribution < -0.4 is 4.90 Å². The molecular formula is C54H35NS2. The summed E-state index contributed by atoms with van der Waals surface area (Å²) in [6.45, 7) is 0. The van der Waals surface area contributed by atoms with Crippen LogP contribution in [0, 0.1) is 0 Å². The number of hydrogen-bond donors (Lipinski definition) is 0. The van der Waals surface area contributed by atoms with Crippen molar-refractivity contribution >= 4 is 80.1 Å². The maximum Gasteiger partial charge on any atom is 0.0640 e. The summed E-state index contributed by atoms with van der Waals surface area (Å²) in [7, 11) is 0. The van der Waals surface area contributed by atoms with Crippen molar-refractivity contribution in [2.75, 3.05) is 4.90 Å². The van der Waals surface area contributed by atoms with E-state index >= 15 is 0 Å². The summed E-state index contributed by atoms with van der Waals surface area (Å²) < 4.78 is 5.20. The smallest absolute Gasteiger partial charge is 0.0640 e. The maximum absolute atomic E-state index is 2.47. The number of fused-ring (bicyclic) bond motifs is 6. The van der Waals surface area contributed by atoms with E-state index in [1.165, 1.54) is 90.5 Å². The van der Waals surface area contributed by atoms with Crippen molar-refractivity contribution in [1.82, 2.24) is 0 Å². The van der Waals surface area contributed by atoms with Crippen LogP contribution in [0.1, 0.15) is 0 Å². The summed E-state index contributed by atoms with van der Waals surface area (Å²) >= 11 is 3.75. The largest absolute Gasteiger partial charge is 0.309 e. The minimum Gasteiger partial charge on any atom is -0.309 e. The predicted molar refractivity (Wildman–Crippen MR) is 249 cm³/mol. The minimum atomic E-state index is 1.11. The first-order valence-corrected chi connectivity index (χ1v) is 21.0. The summed E-state index contributed by atoms with van der Waals surface area (Å²) in [5.74, 6) is 0. The molecule has 0 bridgehead atoms. The molecule has 0 saturated carbocycles. The highest BCUT2D eigenvalue weighted by Crippen LogP contribution is 2.48. The molecule has 268 valence electrons. The average molecular weight is 762 g/mol. The van der Waals surface area contributed by atoms with Gasteiger partial charge in [0.15, 0.2) is 0 Å². The molecule has 0 N–H and O–H groups in total. The lowest BCUT2D eigenvalue weighted by Crippen LogP contribution is -2.10. The van der Waals surface area contributed by atoms with Crippen molar-refractivity contribution in [1.29, 1.82) is 0 Å². The molecule has 3 heteroatoms. The molecule has 0 amide bonds. The Bertz CT molecular complexity index is 3210. The first kappa shape index (κ1) is 33.5. The van der Waals surface area contributed by atoms with Crippen LogP contribution in [0.3, 0.4) is 0 Å². The van der Waals surface area contributed by atoms with E-state index in [9.17, 15) is 0 Å². The van der Waals surface area contributed by atoms with Gasteiger partial charge < -0.3 is 4.90 Å². The molecule has 0 unspecified atom stereocenters. The van der Waals surface area contributed by atoms with Crippen molar-refractivity contribution in [3.8, 4) is 44.5 Å². The lowest BCUT2D eigenvalue weighted by Gasteiger charge is -2.27. The predicted octanol–water partition coefficient (Wildman–Crippen LogP) is 16.6. The molecule has 0 spiro atoms. The van der Waals surface area contributed by atoms with Crippen LogP contribution in [0.5, 0.6) is 0 Å². The van der Waals surface area contributed by atoms with Gasteiger partial charge in [-0.15, -0.1) is 22.7 Å². The zero-order valence-electron chi connectivity index (χ0n) is 31.0. The van der Waals surface area contributed by atoms with Gasteiger partial charge in [0.05, 0.1) is 10.4 Å². The van der Waals surface area contributed by atoms with E-state index in [4.69, 9.17) is 0 Å². The summed E-state index contributed by atoms with van der Waals surface area (Å²) in [5.41, 5.74) is 13.1. The molecule has 0 radical (unpaired) electrons. The summed E-state index contributed by atoms with van der Waals surface area (Å²) in [5, 5.41) is 5.19. The third-order valence-corrected chi connectivity index (χ3v) is 13.5. The van der Waals surface area contributed by atoms with Gasteiger partial charge >= 0.3 is 0 Å². The zero-order valence-corrected chi connectivity index (χ0v) is 32.6. The summed E-state index contributed by atoms with van der Waals surface area (Å²) in [4.78, 5) is 2.47. The van der Waals surface area contributed by atoms with Crippen molar-refractivity contribution in [3.63, 3.8) is 0 Å². The van der Waals surface area contributed by atoms with Crippen LogP contribution in [0.4, 0.5) is 17.1 Å². The van der Waals surface area contributed by atoms with E-state index < -0.39 is 0 Å². The van der Waals surface area contributed by atoms with Gasteiger partial charge in [-0.25, -0.2) is 0 Å². The van der Waals surface area contributed by atoms with E-state index in [0.717, 1.165) is 11.4 Å². The van der Waals surface area contributed by atoms with Gasteiger partial charge in [-0.05, 0) is 93.0 Å². The first-order chi connectivity index (χ1) is 28.2. The third-order valence-electron chi connectivity index (χ3n) is 11.1. The molecule has 9 aromatic carbocycles. The molecule has 57 heavy (non-hydrogen) atoms. The Morgan fingerprint density at radius 2 is 0.737 bits per heavy atom. The number of rotatable bonds is 7. The Morgan fingerprint density at radius 3 is 1.37 bits per heavy atom. The molecule has 1 nitrogen and oxygen atoms in total. The SMILES string of the molecule is c1ccc(-c2ccc(-c3ccc(N(c4cc(-c5ccccc5)cc(-c5cccc6c5sc5ccccc56)c4)c4cccc5c4sc4ccccc45)cc3)cc2)cc1. The van der Waals surface area contributed by atoms with Crippen LogP contribution in [0.2, 0.25) is 0 Å². The second-order valence-corrected chi connectivity index (χ2v) is 16.6. The Balaban J connectivity index is 1.11. The molecule has 0 atom stereocenters. The number of hydrogen-bond acceptors (Lipinski definition) is 3. The van der Waals surface area contributed by atoms with E-state index in [0.29, 0.717) is 0 Å². The maximum atomic E-state index is 2.47. The van der Waals surface area contributed by atoms with Gasteiger partial charge in [-0.2, -0.15) is 0 Å². The fraction of sp³-hybridized carbons (Fsp3) is 0. The van der Waals surface area contributed by atoms with Crippen molar-refractivity contribution in [2.24, 2.45) is 0 Å². The normalized spacial score (nSPS) is 11.5. The quantitative estimate of drug-likeness (QED) is 0.156. The molecule has 0 aliphatic carbocycles. The van der Waals surface area contributed by atoms with Crippen LogP contribution in [0.15, 0.2) is 212 Å². The Morgan fingerprint density at radius 1 is 0.281 bits per heavy atom. The second kappa shape index (κ2) is 14.1. The van der Waals surface area contributed by atoms with Crippen molar-refractivity contribution in [2.45, 2.75) is 0 Å². The highest BCUT2D eigenvalue weighted by atomic mass is 32.1. The lowest BCUT2D eigenvalue weighted by atomic mass is 9.96. The number of thiophene rings is 2. The van der Waals surface area contributed by atoms with Gasteiger partial charge in [-0.1, -0.05) is 164 Å². The Kier molecular flexibility index (Phi) is 8.28. The van der Waals surface area contributed by atoms with E-state index in [-0.39, 0.29) is 0 Å². The monoisotopic (exact) mass is 761 g/mol. The highest BCUT2D eigenvalue weighted by molar-refractivity contribution is 7.26. The zero-order chi connectivity index (χ0) is 37.7. The average Bonchev–Trinajstić information content (AvgIpc) is 3.87. The number of nitrogens with zero attached hydrogens (tertiary/aromatic N) is 1. The minimum absolute atomic E-state index is 1.11. The van der Waals surface area contributed by atoms with Gasteiger partial charge in [-0.3, -0.25) is 0 Å². The molecule has 11 aromatic rings. The fourth-order valence-corrected chi connectivity index (χ4v) is 10.7. The van der Waals surface area contributed by atoms with E-state index in [2.05, 4.69) is 217 Å². The highest BCUT2D eigenvalue weighted by Gasteiger charge is 2.21. The Hall–Kier alpha value is -6.78. The molecule has 0 aliphatic rings. The Labute approximate surface area is 340 Å². The lowest BCUT2D eigenvalue weighted by molar-refractivity contribution is 1.30. The molecule has 0 fully saturated rings. The molecule has 11 rings (SSSR count).